The van der Waals surface area contributed by atoms with E-state index in [1.165, 1.54) is 9.13 Å². The molecule has 0 fully saturated rings. The Kier molecular flexibility index (Phi) is 5.41. The van der Waals surface area contributed by atoms with E-state index in [-0.39, 0.29) is 11.7 Å². The lowest BCUT2D eigenvalue weighted by Gasteiger charge is -2.03. The third-order valence-electron chi connectivity index (χ3n) is 1.81. The monoisotopic (exact) mass is 386 g/mol. The third kappa shape index (κ3) is 3.51. The molecule has 0 spiro atoms. The van der Waals surface area contributed by atoms with Gasteiger partial charge in [-0.05, 0) is 39.8 Å². The summed E-state index contributed by atoms with van der Waals surface area (Å²) in [6.07, 6.45) is 0.433. The molecular weight excluding hydrogens is 378 g/mol. The van der Waals surface area contributed by atoms with Gasteiger partial charge in [0.2, 0.25) is 0 Å². The summed E-state index contributed by atoms with van der Waals surface area (Å²) < 4.78 is 1.18. The average Bonchev–Trinajstić information content (AvgIpc) is 2.18. The third-order valence-corrected chi connectivity index (χ3v) is 3.72. The molecule has 4 heteroatoms. The van der Waals surface area contributed by atoms with Crippen LogP contribution in [-0.4, -0.2) is 11.7 Å². The van der Waals surface area contributed by atoms with Gasteiger partial charge in [0, 0.05) is 15.3 Å². The lowest BCUT2D eigenvalue weighted by atomic mass is 10.1. The molecule has 0 bridgehead atoms. The molecule has 0 atom stereocenters. The minimum absolute atomic E-state index is 0.0639. The number of alkyl halides is 2. The summed E-state index contributed by atoms with van der Waals surface area (Å²) in [4.78, 5) is 11.1. The van der Waals surface area contributed by atoms with E-state index in [9.17, 15) is 4.79 Å². The molecule has 0 amide bonds. The van der Waals surface area contributed by atoms with E-state index in [4.69, 9.17) is 11.6 Å². The average molecular weight is 387 g/mol. The van der Waals surface area contributed by atoms with Crippen LogP contribution in [0.4, 0.5) is 0 Å². The fraction of sp³-hybridized carbons (Fsp3) is 0.300. The van der Waals surface area contributed by atoms with Crippen LogP contribution in [0.25, 0.3) is 0 Å². The normalized spacial score (nSPS) is 10.2. The summed E-state index contributed by atoms with van der Waals surface area (Å²) in [6.45, 7) is 0. The van der Waals surface area contributed by atoms with Crippen LogP contribution in [0.1, 0.15) is 11.1 Å². The first-order valence-electron chi connectivity index (χ1n) is 4.08. The molecule has 1 aromatic carbocycles. The Balaban J connectivity index is 2.81. The second-order valence-electron chi connectivity index (χ2n) is 2.91. The van der Waals surface area contributed by atoms with Crippen LogP contribution < -0.4 is 0 Å². The summed E-state index contributed by atoms with van der Waals surface area (Å²) in [5, 5.41) is 0.842. The Bertz CT molecular complexity index is 341. The van der Waals surface area contributed by atoms with E-state index < -0.39 is 0 Å². The Morgan fingerprint density at radius 2 is 2.21 bits per heavy atom. The maximum atomic E-state index is 11.1. The van der Waals surface area contributed by atoms with Gasteiger partial charge in [-0.2, -0.15) is 0 Å². The number of benzene rings is 1. The molecule has 0 saturated carbocycles. The predicted octanol–water partition coefficient (Wildman–Crippen LogP) is 3.54. The molecule has 0 aliphatic rings. The fourth-order valence-electron chi connectivity index (χ4n) is 1.08. The fourth-order valence-corrected chi connectivity index (χ4v) is 2.96. The maximum Gasteiger partial charge on any atom is 0.151 e. The quantitative estimate of drug-likeness (QED) is 0.571. The first-order valence-corrected chi connectivity index (χ1v) is 6.81. The Morgan fingerprint density at radius 3 is 2.71 bits per heavy atom. The molecule has 1 rings (SSSR count). The highest BCUT2D eigenvalue weighted by atomic mass is 127. The van der Waals surface area contributed by atoms with Crippen molar-refractivity contribution in [1.82, 2.24) is 0 Å². The van der Waals surface area contributed by atoms with E-state index in [0.29, 0.717) is 6.42 Å². The highest BCUT2D eigenvalue weighted by molar-refractivity contribution is 14.1. The number of carbonyl (C=O) groups excluding carboxylic acids is 1. The molecule has 0 aliphatic carbocycles. The van der Waals surface area contributed by atoms with Crippen molar-refractivity contribution in [2.45, 2.75) is 11.8 Å². The van der Waals surface area contributed by atoms with E-state index in [0.717, 1.165) is 10.9 Å². The SMILES string of the molecule is O=C(CCl)Cc1ccc(CBr)c(I)c1. The van der Waals surface area contributed by atoms with E-state index in [2.05, 4.69) is 38.5 Å². The number of hydrogen-bond donors (Lipinski definition) is 0. The molecule has 0 radical (unpaired) electrons. The molecular formula is C10H9BrClIO. The summed E-state index contributed by atoms with van der Waals surface area (Å²) >= 11 is 11.1. The van der Waals surface area contributed by atoms with Gasteiger partial charge in [0.15, 0.2) is 5.78 Å². The van der Waals surface area contributed by atoms with Crippen molar-refractivity contribution < 1.29 is 4.79 Å². The van der Waals surface area contributed by atoms with Crippen molar-refractivity contribution in [3.8, 4) is 0 Å². The second-order valence-corrected chi connectivity index (χ2v) is 4.90. The first-order chi connectivity index (χ1) is 6.67. The van der Waals surface area contributed by atoms with Gasteiger partial charge in [-0.25, -0.2) is 0 Å². The highest BCUT2D eigenvalue weighted by Gasteiger charge is 2.04. The zero-order chi connectivity index (χ0) is 10.6. The van der Waals surface area contributed by atoms with Crippen LogP contribution in [0, 0.1) is 3.57 Å². The highest BCUT2D eigenvalue weighted by Crippen LogP contribution is 2.17. The van der Waals surface area contributed by atoms with Crippen LogP contribution in [0.3, 0.4) is 0 Å². The number of ketones is 1. The van der Waals surface area contributed by atoms with Gasteiger partial charge in [0.05, 0.1) is 5.88 Å². The van der Waals surface area contributed by atoms with Crippen molar-refractivity contribution in [3.63, 3.8) is 0 Å². The molecule has 0 heterocycles. The summed E-state index contributed by atoms with van der Waals surface area (Å²) in [6, 6.07) is 6.04. The van der Waals surface area contributed by atoms with Crippen LogP contribution in [0.15, 0.2) is 18.2 Å². The Hall–Kier alpha value is 0.390. The van der Waals surface area contributed by atoms with Crippen molar-refractivity contribution in [1.29, 1.82) is 0 Å². The van der Waals surface area contributed by atoms with Crippen LogP contribution in [-0.2, 0) is 16.5 Å². The van der Waals surface area contributed by atoms with Crippen molar-refractivity contribution >= 4 is 55.9 Å². The molecule has 0 saturated heterocycles. The first kappa shape index (κ1) is 12.5. The molecule has 76 valence electrons. The standard InChI is InChI=1S/C10H9BrClIO/c11-5-8-2-1-7(4-10(8)13)3-9(14)6-12/h1-2,4H,3,5-6H2. The molecule has 1 aromatic rings. The molecule has 0 N–H and O–H groups in total. The van der Waals surface area contributed by atoms with Crippen LogP contribution in [0.5, 0.6) is 0 Å². The van der Waals surface area contributed by atoms with E-state index in [1.807, 2.05) is 18.2 Å². The number of carbonyl (C=O) groups is 1. The van der Waals surface area contributed by atoms with Gasteiger partial charge in [-0.15, -0.1) is 11.6 Å². The molecule has 14 heavy (non-hydrogen) atoms. The zero-order valence-electron chi connectivity index (χ0n) is 7.40. The summed E-state index contributed by atoms with van der Waals surface area (Å²) in [5.74, 6) is 0.158. The summed E-state index contributed by atoms with van der Waals surface area (Å²) in [5.41, 5.74) is 2.28. The summed E-state index contributed by atoms with van der Waals surface area (Å²) in [7, 11) is 0. The largest absolute Gasteiger partial charge is 0.298 e. The van der Waals surface area contributed by atoms with E-state index in [1.54, 1.807) is 0 Å². The molecule has 0 unspecified atom stereocenters. The van der Waals surface area contributed by atoms with Crippen LogP contribution in [0.2, 0.25) is 0 Å². The van der Waals surface area contributed by atoms with Crippen molar-refractivity contribution in [2.24, 2.45) is 0 Å². The van der Waals surface area contributed by atoms with Gasteiger partial charge >= 0.3 is 0 Å². The Morgan fingerprint density at radius 1 is 1.50 bits per heavy atom. The van der Waals surface area contributed by atoms with Gasteiger partial charge in [-0.3, -0.25) is 4.79 Å². The lowest BCUT2D eigenvalue weighted by Crippen LogP contribution is -2.04. The molecule has 0 aliphatic heterocycles. The number of halogens is 3. The van der Waals surface area contributed by atoms with Crippen LogP contribution >= 0.6 is 50.1 Å². The molecule has 0 aromatic heterocycles. The molecule has 1 nitrogen and oxygen atoms in total. The van der Waals surface area contributed by atoms with Gasteiger partial charge < -0.3 is 0 Å². The lowest BCUT2D eigenvalue weighted by molar-refractivity contribution is -0.116. The topological polar surface area (TPSA) is 17.1 Å². The second kappa shape index (κ2) is 6.08. The predicted molar refractivity (Wildman–Crippen MR) is 71.2 cm³/mol. The van der Waals surface area contributed by atoms with Gasteiger partial charge in [0.25, 0.3) is 0 Å². The van der Waals surface area contributed by atoms with Gasteiger partial charge in [0.1, 0.15) is 0 Å². The maximum absolute atomic E-state index is 11.1. The minimum Gasteiger partial charge on any atom is -0.298 e. The van der Waals surface area contributed by atoms with Crippen molar-refractivity contribution in [3.05, 3.63) is 32.9 Å². The number of Topliss-reactive ketones (excluding diaryl/α,β-unsaturated/α-hetero) is 1. The van der Waals surface area contributed by atoms with E-state index >= 15 is 0 Å². The number of rotatable bonds is 4. The zero-order valence-corrected chi connectivity index (χ0v) is 11.9. The van der Waals surface area contributed by atoms with Crippen molar-refractivity contribution in [2.75, 3.05) is 5.88 Å². The Labute approximate surface area is 110 Å². The van der Waals surface area contributed by atoms with Gasteiger partial charge in [-0.1, -0.05) is 28.1 Å². The smallest absolute Gasteiger partial charge is 0.151 e. The number of hydrogen-bond acceptors (Lipinski definition) is 1. The minimum atomic E-state index is 0.0639.